The van der Waals surface area contributed by atoms with Crippen LogP contribution in [0.3, 0.4) is 0 Å². The molecule has 0 bridgehead atoms. The van der Waals surface area contributed by atoms with E-state index in [0.717, 1.165) is 6.92 Å². The lowest BCUT2D eigenvalue weighted by Crippen LogP contribution is -2.11. The average Bonchev–Trinajstić information content (AvgIpc) is 2.95. The highest BCUT2D eigenvalue weighted by Crippen LogP contribution is 2.42. The van der Waals surface area contributed by atoms with Crippen LogP contribution in [0, 0.1) is 70.9 Å². The molecule has 0 amide bonds. The minimum Gasteiger partial charge on any atom is -0.206 e. The normalized spacial score (nSPS) is 11.6. The van der Waals surface area contributed by atoms with Gasteiger partial charge in [-0.2, -0.15) is 0 Å². The molecule has 12 heteroatoms. The predicted molar refractivity (Wildman–Crippen MR) is 140 cm³/mol. The molecule has 0 aliphatic heterocycles. The highest BCUT2D eigenvalue weighted by atomic mass is 31.0. The van der Waals surface area contributed by atoms with Crippen LogP contribution < -0.4 is 5.30 Å². The van der Waals surface area contributed by atoms with Crippen molar-refractivity contribution in [2.45, 2.75) is 39.5 Å². The molecule has 4 aromatic carbocycles. The molecule has 0 saturated carbocycles. The van der Waals surface area contributed by atoms with E-state index in [9.17, 15) is 26.3 Å². The lowest BCUT2D eigenvalue weighted by Gasteiger charge is -2.19. The summed E-state index contributed by atoms with van der Waals surface area (Å²) < 4.78 is 164. The Kier molecular flexibility index (Phi) is 8.74. The second-order valence-corrected chi connectivity index (χ2v) is 10.2. The summed E-state index contributed by atoms with van der Waals surface area (Å²) in [5.41, 5.74) is -8.76. The van der Waals surface area contributed by atoms with Crippen molar-refractivity contribution in [1.29, 1.82) is 0 Å². The Morgan fingerprint density at radius 3 is 1.24 bits per heavy atom. The van der Waals surface area contributed by atoms with Crippen molar-refractivity contribution in [3.05, 3.63) is 99.4 Å². The highest BCUT2D eigenvalue weighted by Gasteiger charge is 2.31. The van der Waals surface area contributed by atoms with E-state index < -0.39 is 120 Å². The summed E-state index contributed by atoms with van der Waals surface area (Å²) >= 11 is 0. The minimum atomic E-state index is -1.98. The maximum absolute atomic E-state index is 15.5. The van der Waals surface area contributed by atoms with Crippen LogP contribution in [0.4, 0.5) is 48.3 Å². The van der Waals surface area contributed by atoms with Gasteiger partial charge in [0.1, 0.15) is 5.82 Å². The van der Waals surface area contributed by atoms with Crippen molar-refractivity contribution in [3.63, 3.8) is 0 Å². The number of rotatable bonds is 6. The fourth-order valence-electron chi connectivity index (χ4n) is 4.89. The zero-order valence-corrected chi connectivity index (χ0v) is 23.2. The summed E-state index contributed by atoms with van der Waals surface area (Å²) in [6.07, 6.45) is 0.196. The van der Waals surface area contributed by atoms with Crippen LogP contribution in [0.5, 0.6) is 0 Å². The molecule has 0 N–H and O–H groups in total. The molecule has 222 valence electrons. The van der Waals surface area contributed by atoms with E-state index >= 15 is 22.0 Å². The Balaban J connectivity index is 2.19. The number of halogens is 11. The molecule has 0 radical (unpaired) electrons. The average molecular weight is 620 g/mol. The van der Waals surface area contributed by atoms with Gasteiger partial charge >= 0.3 is 0 Å². The monoisotopic (exact) mass is 620 g/mol. The van der Waals surface area contributed by atoms with Crippen molar-refractivity contribution >= 4 is 14.5 Å². The van der Waals surface area contributed by atoms with Gasteiger partial charge in [-0.1, -0.05) is 13.8 Å². The third-order valence-corrected chi connectivity index (χ3v) is 7.58. The van der Waals surface area contributed by atoms with Crippen molar-refractivity contribution in [3.8, 4) is 33.4 Å². The number of hydrogen-bond donors (Lipinski definition) is 0. The first-order valence-electron chi connectivity index (χ1n) is 12.4. The Hall–Kier alpha value is -3.46. The van der Waals surface area contributed by atoms with Crippen LogP contribution in [0.2, 0.25) is 0 Å². The lowest BCUT2D eigenvalue weighted by molar-refractivity contribution is 0.424. The van der Waals surface area contributed by atoms with E-state index in [-0.39, 0.29) is 12.8 Å². The molecule has 0 aromatic heterocycles. The van der Waals surface area contributed by atoms with E-state index in [4.69, 9.17) is 0 Å². The Morgan fingerprint density at radius 1 is 0.500 bits per heavy atom. The van der Waals surface area contributed by atoms with E-state index in [2.05, 4.69) is 0 Å². The van der Waals surface area contributed by atoms with Gasteiger partial charge in [0.05, 0.1) is 16.7 Å². The standard InChI is InChI=1S/C30H20F11P/c1-4-11(5-2)17-27(38)29(40)20(30(41)28(17)39)14-7-12(18-23(34)15(31)9-16(42)24(18)35)6-13(8-14)19-25(36)21(32)10(3)22(33)26(19)37/h6-9,11H,4-5,42H2,1-3H3. The molecule has 0 saturated heterocycles. The fourth-order valence-corrected chi connectivity index (χ4v) is 5.18. The van der Waals surface area contributed by atoms with Gasteiger partial charge in [-0.25, -0.2) is 48.3 Å². The summed E-state index contributed by atoms with van der Waals surface area (Å²) in [7, 11) is 1.76. The predicted octanol–water partition coefficient (Wildman–Crippen LogP) is 9.93. The van der Waals surface area contributed by atoms with Crippen molar-refractivity contribution in [1.82, 2.24) is 0 Å². The van der Waals surface area contributed by atoms with Crippen molar-refractivity contribution in [2.75, 3.05) is 0 Å². The van der Waals surface area contributed by atoms with Gasteiger partial charge in [0, 0.05) is 16.4 Å². The summed E-state index contributed by atoms with van der Waals surface area (Å²) in [5.74, 6) is -21.0. The van der Waals surface area contributed by atoms with E-state index in [0.29, 0.717) is 24.3 Å². The molecule has 1 unspecified atom stereocenters. The maximum Gasteiger partial charge on any atom is 0.170 e. The van der Waals surface area contributed by atoms with Gasteiger partial charge in [-0.05, 0) is 66.6 Å². The number of hydrogen-bond acceptors (Lipinski definition) is 0. The molecule has 0 aliphatic rings. The molecule has 42 heavy (non-hydrogen) atoms. The summed E-state index contributed by atoms with van der Waals surface area (Å²) in [4.78, 5) is 0. The first-order valence-corrected chi connectivity index (χ1v) is 13.0. The molecule has 0 fully saturated rings. The van der Waals surface area contributed by atoms with Gasteiger partial charge in [0.25, 0.3) is 0 Å². The molecule has 0 spiro atoms. The minimum absolute atomic E-state index is 0.0980. The molecule has 0 heterocycles. The molecular weight excluding hydrogens is 600 g/mol. The molecular formula is C30H20F11P. The van der Waals surface area contributed by atoms with Gasteiger partial charge < -0.3 is 0 Å². The molecule has 4 aromatic rings. The highest BCUT2D eigenvalue weighted by molar-refractivity contribution is 7.27. The topological polar surface area (TPSA) is 0 Å². The fraction of sp³-hybridized carbons (Fsp3) is 0.200. The van der Waals surface area contributed by atoms with Crippen LogP contribution in [0.15, 0.2) is 24.3 Å². The SMILES string of the molecule is CCC(CC)c1c(F)c(F)c(-c2cc(-c3c(F)c(F)cc(P)c3F)cc(-c3c(F)c(F)c(C)c(F)c3F)c2)c(F)c1F. The largest absolute Gasteiger partial charge is 0.206 e. The third kappa shape index (κ3) is 4.95. The molecule has 4 rings (SSSR count). The molecule has 0 nitrogen and oxygen atoms in total. The first kappa shape index (κ1) is 31.5. The van der Waals surface area contributed by atoms with Crippen molar-refractivity contribution < 1.29 is 48.3 Å². The second kappa shape index (κ2) is 11.7. The van der Waals surface area contributed by atoms with Crippen molar-refractivity contribution in [2.24, 2.45) is 0 Å². The molecule has 1 atom stereocenters. The lowest BCUT2D eigenvalue weighted by atomic mass is 9.88. The number of benzene rings is 4. The summed E-state index contributed by atoms with van der Waals surface area (Å²) in [5, 5.41) is -0.537. The second-order valence-electron chi connectivity index (χ2n) is 9.56. The Morgan fingerprint density at radius 2 is 0.857 bits per heavy atom. The van der Waals surface area contributed by atoms with E-state index in [1.807, 2.05) is 0 Å². The van der Waals surface area contributed by atoms with E-state index in [1.54, 1.807) is 9.24 Å². The Labute approximate surface area is 235 Å². The van der Waals surface area contributed by atoms with E-state index in [1.165, 1.54) is 13.8 Å². The van der Waals surface area contributed by atoms with Gasteiger partial charge in [-0.3, -0.25) is 0 Å². The smallest absolute Gasteiger partial charge is 0.170 e. The summed E-state index contributed by atoms with van der Waals surface area (Å²) in [6.45, 7) is 3.77. The quantitative estimate of drug-likeness (QED) is 0.114. The maximum atomic E-state index is 15.5. The molecule has 0 aliphatic carbocycles. The third-order valence-electron chi connectivity index (χ3n) is 7.16. The van der Waals surface area contributed by atoms with Gasteiger partial charge in [0.2, 0.25) is 0 Å². The summed E-state index contributed by atoms with van der Waals surface area (Å²) in [6, 6.07) is 2.13. The van der Waals surface area contributed by atoms with Crippen LogP contribution >= 0.6 is 9.24 Å². The zero-order valence-electron chi connectivity index (χ0n) is 22.0. The zero-order chi connectivity index (χ0) is 31.4. The van der Waals surface area contributed by atoms with Crippen LogP contribution in [0.1, 0.15) is 43.7 Å². The van der Waals surface area contributed by atoms with Crippen LogP contribution in [-0.4, -0.2) is 0 Å². The van der Waals surface area contributed by atoms with Crippen LogP contribution in [0.25, 0.3) is 33.4 Å². The first-order chi connectivity index (χ1) is 19.7. The van der Waals surface area contributed by atoms with Gasteiger partial charge in [-0.15, -0.1) is 9.24 Å². The Bertz CT molecular complexity index is 1660. The van der Waals surface area contributed by atoms with Crippen LogP contribution in [-0.2, 0) is 0 Å². The van der Waals surface area contributed by atoms with Gasteiger partial charge in [0.15, 0.2) is 58.2 Å².